The fourth-order valence-electron chi connectivity index (χ4n) is 3.28. The maximum atomic E-state index is 13.2. The van der Waals surface area contributed by atoms with Gasteiger partial charge in [-0.3, -0.25) is 0 Å². The van der Waals surface area contributed by atoms with Crippen LogP contribution in [0, 0.1) is 17.2 Å². The Morgan fingerprint density at radius 1 is 1.33 bits per heavy atom. The van der Waals surface area contributed by atoms with Gasteiger partial charge in [0.25, 0.3) is 0 Å². The lowest BCUT2D eigenvalue weighted by Crippen LogP contribution is -2.35. The molecule has 0 aromatic heterocycles. The highest BCUT2D eigenvalue weighted by Gasteiger charge is 2.32. The first-order valence-corrected chi connectivity index (χ1v) is 6.95. The van der Waals surface area contributed by atoms with Crippen LogP contribution in [0.3, 0.4) is 0 Å². The second-order valence-corrected chi connectivity index (χ2v) is 6.79. The van der Waals surface area contributed by atoms with Crippen LogP contribution in [0.1, 0.15) is 40.0 Å². The van der Waals surface area contributed by atoms with Gasteiger partial charge in [-0.25, -0.2) is 4.39 Å². The molecule has 1 aliphatic carbocycles. The van der Waals surface area contributed by atoms with Gasteiger partial charge in [0.15, 0.2) is 0 Å². The Balaban J connectivity index is 2.11. The molecular formula is C15H21ClFN. The normalized spacial score (nSPS) is 26.9. The van der Waals surface area contributed by atoms with Gasteiger partial charge < -0.3 is 5.32 Å². The molecule has 1 N–H and O–H groups in total. The van der Waals surface area contributed by atoms with Gasteiger partial charge in [-0.05, 0) is 48.8 Å². The Bertz CT molecular complexity index is 431. The van der Waals surface area contributed by atoms with E-state index in [0.717, 1.165) is 12.8 Å². The van der Waals surface area contributed by atoms with E-state index in [1.807, 2.05) is 0 Å². The number of hydrogen-bond acceptors (Lipinski definition) is 1. The van der Waals surface area contributed by atoms with Gasteiger partial charge >= 0.3 is 0 Å². The molecule has 1 aliphatic rings. The Hall–Kier alpha value is -0.760. The molecule has 0 spiro atoms. The smallest absolute Gasteiger partial charge is 0.125 e. The van der Waals surface area contributed by atoms with E-state index in [1.165, 1.54) is 18.6 Å². The van der Waals surface area contributed by atoms with Gasteiger partial charge in [0.2, 0.25) is 0 Å². The van der Waals surface area contributed by atoms with Crippen molar-refractivity contribution in [1.82, 2.24) is 0 Å². The van der Waals surface area contributed by atoms with Crippen LogP contribution < -0.4 is 5.32 Å². The highest BCUT2D eigenvalue weighted by molar-refractivity contribution is 6.33. The summed E-state index contributed by atoms with van der Waals surface area (Å²) in [5.74, 6) is 0.448. The first-order chi connectivity index (χ1) is 8.35. The zero-order chi connectivity index (χ0) is 13.3. The Morgan fingerprint density at radius 3 is 2.72 bits per heavy atom. The Kier molecular flexibility index (Phi) is 3.86. The van der Waals surface area contributed by atoms with E-state index >= 15 is 0 Å². The minimum Gasteiger partial charge on any atom is -0.381 e. The maximum absolute atomic E-state index is 13.2. The molecule has 1 aromatic carbocycles. The van der Waals surface area contributed by atoms with Crippen molar-refractivity contribution in [1.29, 1.82) is 0 Å². The van der Waals surface area contributed by atoms with Crippen LogP contribution in [0.25, 0.3) is 0 Å². The van der Waals surface area contributed by atoms with Crippen LogP contribution >= 0.6 is 11.6 Å². The summed E-state index contributed by atoms with van der Waals surface area (Å²) in [7, 11) is 0. The van der Waals surface area contributed by atoms with Gasteiger partial charge in [-0.15, -0.1) is 0 Å². The van der Waals surface area contributed by atoms with Gasteiger partial charge in [0.05, 0.1) is 10.7 Å². The van der Waals surface area contributed by atoms with Gasteiger partial charge in [0, 0.05) is 6.04 Å². The van der Waals surface area contributed by atoms with Crippen LogP contribution in [0.5, 0.6) is 0 Å². The summed E-state index contributed by atoms with van der Waals surface area (Å²) in [4.78, 5) is 0. The van der Waals surface area contributed by atoms with Crippen molar-refractivity contribution in [2.45, 2.75) is 46.1 Å². The van der Waals surface area contributed by atoms with E-state index < -0.39 is 0 Å². The second-order valence-electron chi connectivity index (χ2n) is 6.38. The van der Waals surface area contributed by atoms with E-state index in [1.54, 1.807) is 6.07 Å². The third-order valence-electron chi connectivity index (χ3n) is 3.67. The molecule has 18 heavy (non-hydrogen) atoms. The van der Waals surface area contributed by atoms with Crippen LogP contribution in [0.4, 0.5) is 10.1 Å². The van der Waals surface area contributed by atoms with E-state index in [9.17, 15) is 4.39 Å². The minimum absolute atomic E-state index is 0.245. The molecule has 0 bridgehead atoms. The lowest BCUT2D eigenvalue weighted by atomic mass is 9.70. The molecule has 0 saturated heterocycles. The molecule has 1 fully saturated rings. The maximum Gasteiger partial charge on any atom is 0.125 e. The van der Waals surface area contributed by atoms with E-state index in [4.69, 9.17) is 11.6 Å². The van der Waals surface area contributed by atoms with Crippen LogP contribution in [0.15, 0.2) is 18.2 Å². The fraction of sp³-hybridized carbons (Fsp3) is 0.600. The van der Waals surface area contributed by atoms with E-state index in [2.05, 4.69) is 26.1 Å². The standard InChI is InChI=1S/C15H21ClFN/c1-10-6-12(9-15(2,3)8-10)18-14-7-11(17)4-5-13(14)16/h4-5,7,10,12,18H,6,8-9H2,1-3H3. The molecule has 0 heterocycles. The molecule has 0 amide bonds. The summed E-state index contributed by atoms with van der Waals surface area (Å²) in [6.07, 6.45) is 3.47. The molecule has 0 aliphatic heterocycles. The summed E-state index contributed by atoms with van der Waals surface area (Å²) in [6, 6.07) is 4.86. The summed E-state index contributed by atoms with van der Waals surface area (Å²) >= 11 is 6.09. The van der Waals surface area contributed by atoms with Gasteiger partial charge in [-0.1, -0.05) is 32.4 Å². The lowest BCUT2D eigenvalue weighted by molar-refractivity contribution is 0.178. The van der Waals surface area contributed by atoms with Crippen molar-refractivity contribution in [2.24, 2.45) is 11.3 Å². The van der Waals surface area contributed by atoms with Gasteiger partial charge in [-0.2, -0.15) is 0 Å². The fourth-order valence-corrected chi connectivity index (χ4v) is 3.46. The van der Waals surface area contributed by atoms with Crippen molar-refractivity contribution in [3.05, 3.63) is 29.0 Å². The molecule has 100 valence electrons. The molecule has 0 radical (unpaired) electrons. The quantitative estimate of drug-likeness (QED) is 0.787. The van der Waals surface area contributed by atoms with Crippen molar-refractivity contribution in [2.75, 3.05) is 5.32 Å². The highest BCUT2D eigenvalue weighted by Crippen LogP contribution is 2.40. The number of nitrogens with one attached hydrogen (secondary N) is 1. The number of benzene rings is 1. The predicted octanol–water partition coefficient (Wildman–Crippen LogP) is 5.11. The number of hydrogen-bond donors (Lipinski definition) is 1. The third kappa shape index (κ3) is 3.38. The molecule has 2 unspecified atom stereocenters. The molecule has 3 heteroatoms. The number of anilines is 1. The SMILES string of the molecule is CC1CC(Nc2cc(F)ccc2Cl)CC(C)(C)C1. The Morgan fingerprint density at radius 2 is 2.06 bits per heavy atom. The molecule has 1 aromatic rings. The zero-order valence-electron chi connectivity index (χ0n) is 11.3. The molecule has 1 nitrogen and oxygen atoms in total. The average molecular weight is 270 g/mol. The zero-order valence-corrected chi connectivity index (χ0v) is 12.0. The van der Waals surface area contributed by atoms with Crippen LogP contribution in [-0.2, 0) is 0 Å². The third-order valence-corrected chi connectivity index (χ3v) is 4.00. The van der Waals surface area contributed by atoms with Crippen molar-refractivity contribution in [3.63, 3.8) is 0 Å². The first-order valence-electron chi connectivity index (χ1n) is 6.57. The lowest BCUT2D eigenvalue weighted by Gasteiger charge is -2.39. The van der Waals surface area contributed by atoms with Crippen LogP contribution in [0.2, 0.25) is 5.02 Å². The first kappa shape index (κ1) is 13.7. The Labute approximate surface area is 114 Å². The minimum atomic E-state index is -0.245. The van der Waals surface area contributed by atoms with Crippen molar-refractivity contribution < 1.29 is 4.39 Å². The molecule has 1 saturated carbocycles. The second kappa shape index (κ2) is 5.08. The average Bonchev–Trinajstić information content (AvgIpc) is 2.20. The molecular weight excluding hydrogens is 249 g/mol. The molecule has 2 rings (SSSR count). The largest absolute Gasteiger partial charge is 0.381 e. The van der Waals surface area contributed by atoms with Crippen molar-refractivity contribution >= 4 is 17.3 Å². The monoisotopic (exact) mass is 269 g/mol. The van der Waals surface area contributed by atoms with E-state index in [0.29, 0.717) is 28.1 Å². The summed E-state index contributed by atoms with van der Waals surface area (Å²) in [6.45, 7) is 6.87. The van der Waals surface area contributed by atoms with Gasteiger partial charge in [0.1, 0.15) is 5.82 Å². The summed E-state index contributed by atoms with van der Waals surface area (Å²) in [5.41, 5.74) is 1.06. The number of rotatable bonds is 2. The van der Waals surface area contributed by atoms with E-state index in [-0.39, 0.29) is 5.82 Å². The highest BCUT2D eigenvalue weighted by atomic mass is 35.5. The van der Waals surface area contributed by atoms with Crippen LogP contribution in [-0.4, -0.2) is 6.04 Å². The summed E-state index contributed by atoms with van der Waals surface area (Å²) < 4.78 is 13.2. The summed E-state index contributed by atoms with van der Waals surface area (Å²) in [5, 5.41) is 3.99. The van der Waals surface area contributed by atoms with Crippen molar-refractivity contribution in [3.8, 4) is 0 Å². The topological polar surface area (TPSA) is 12.0 Å². The molecule has 2 atom stereocenters. The predicted molar refractivity (Wildman–Crippen MR) is 75.6 cm³/mol. The number of halogens is 2.